The topological polar surface area (TPSA) is 18.5 Å². The van der Waals surface area contributed by atoms with Crippen LogP contribution in [0.1, 0.15) is 44.7 Å². The quantitative estimate of drug-likeness (QED) is 0.746. The van der Waals surface area contributed by atoms with Gasteiger partial charge in [-0.05, 0) is 37.5 Å². The lowest BCUT2D eigenvalue weighted by molar-refractivity contribution is -0.139. The number of rotatable bonds is 6. The molecule has 0 saturated heterocycles. The molecule has 1 aromatic carbocycles. The van der Waals surface area contributed by atoms with Crippen LogP contribution in [0.2, 0.25) is 0 Å². The Kier molecular flexibility index (Phi) is 5.72. The molecule has 114 valence electrons. The lowest BCUT2D eigenvalue weighted by atomic mass is 10.0. The molecule has 0 aromatic heterocycles. The summed E-state index contributed by atoms with van der Waals surface area (Å²) in [5.41, 5.74) is -0.0455. The molecule has 0 spiro atoms. The van der Waals surface area contributed by atoms with Crippen LogP contribution in [0.3, 0.4) is 0 Å². The molecule has 0 aliphatic rings. The number of ether oxygens (including phenoxy) is 2. The number of halogens is 3. The highest BCUT2D eigenvalue weighted by molar-refractivity contribution is 5.48. The van der Waals surface area contributed by atoms with E-state index >= 15 is 0 Å². The lowest BCUT2D eigenvalue weighted by Gasteiger charge is -2.20. The monoisotopic (exact) mass is 290 g/mol. The SMILES string of the molecule is CCCc1cc(OC(C)CC)c(C(F)(F)F)cc1OC. The van der Waals surface area contributed by atoms with E-state index in [9.17, 15) is 13.2 Å². The zero-order valence-corrected chi connectivity index (χ0v) is 12.3. The molecule has 1 aromatic rings. The van der Waals surface area contributed by atoms with Crippen LogP contribution in [-0.4, -0.2) is 13.2 Å². The van der Waals surface area contributed by atoms with Gasteiger partial charge in [-0.2, -0.15) is 13.2 Å². The van der Waals surface area contributed by atoms with E-state index in [-0.39, 0.29) is 17.6 Å². The van der Waals surface area contributed by atoms with Crippen LogP contribution in [-0.2, 0) is 12.6 Å². The molecular weight excluding hydrogens is 269 g/mol. The largest absolute Gasteiger partial charge is 0.496 e. The van der Waals surface area contributed by atoms with E-state index in [1.165, 1.54) is 13.2 Å². The van der Waals surface area contributed by atoms with Crippen molar-refractivity contribution in [1.82, 2.24) is 0 Å². The highest BCUT2D eigenvalue weighted by Gasteiger charge is 2.36. The molecule has 0 amide bonds. The first kappa shape index (κ1) is 16.7. The Morgan fingerprint density at radius 1 is 1.15 bits per heavy atom. The third kappa shape index (κ3) is 4.05. The van der Waals surface area contributed by atoms with Gasteiger partial charge < -0.3 is 9.47 Å². The summed E-state index contributed by atoms with van der Waals surface area (Å²) in [6, 6.07) is 2.49. The summed E-state index contributed by atoms with van der Waals surface area (Å²) in [6.45, 7) is 5.59. The fraction of sp³-hybridized carbons (Fsp3) is 0.600. The molecular formula is C15H21F3O2. The Hall–Kier alpha value is -1.39. The zero-order chi connectivity index (χ0) is 15.3. The maximum absolute atomic E-state index is 13.1. The minimum atomic E-state index is -4.46. The van der Waals surface area contributed by atoms with Gasteiger partial charge in [-0.25, -0.2) is 0 Å². The normalized spacial score (nSPS) is 13.2. The number of hydrogen-bond acceptors (Lipinski definition) is 2. The maximum Gasteiger partial charge on any atom is 0.420 e. The van der Waals surface area contributed by atoms with E-state index < -0.39 is 11.7 Å². The van der Waals surface area contributed by atoms with Crippen molar-refractivity contribution in [1.29, 1.82) is 0 Å². The Labute approximate surface area is 117 Å². The molecule has 1 atom stereocenters. The van der Waals surface area contributed by atoms with Crippen molar-refractivity contribution < 1.29 is 22.6 Å². The first-order valence-electron chi connectivity index (χ1n) is 6.78. The average Bonchev–Trinajstić information content (AvgIpc) is 2.37. The molecule has 2 nitrogen and oxygen atoms in total. The number of alkyl halides is 3. The van der Waals surface area contributed by atoms with Crippen LogP contribution in [0.15, 0.2) is 12.1 Å². The summed E-state index contributed by atoms with van der Waals surface area (Å²) in [4.78, 5) is 0. The van der Waals surface area contributed by atoms with Gasteiger partial charge in [0.1, 0.15) is 17.1 Å². The summed E-state index contributed by atoms with van der Waals surface area (Å²) >= 11 is 0. The number of hydrogen-bond donors (Lipinski definition) is 0. The van der Waals surface area contributed by atoms with E-state index in [1.807, 2.05) is 13.8 Å². The van der Waals surface area contributed by atoms with Crippen molar-refractivity contribution >= 4 is 0 Å². The smallest absolute Gasteiger partial charge is 0.420 e. The van der Waals surface area contributed by atoms with E-state index in [4.69, 9.17) is 9.47 Å². The number of aryl methyl sites for hydroxylation is 1. The van der Waals surface area contributed by atoms with Gasteiger partial charge in [0.05, 0.1) is 13.2 Å². The number of methoxy groups -OCH3 is 1. The van der Waals surface area contributed by atoms with Gasteiger partial charge in [-0.1, -0.05) is 20.3 Å². The summed E-state index contributed by atoms with van der Waals surface area (Å²) in [5, 5.41) is 0. The van der Waals surface area contributed by atoms with E-state index in [0.29, 0.717) is 12.8 Å². The third-order valence-corrected chi connectivity index (χ3v) is 3.11. The van der Waals surface area contributed by atoms with Gasteiger partial charge >= 0.3 is 6.18 Å². The average molecular weight is 290 g/mol. The van der Waals surface area contributed by atoms with Gasteiger partial charge in [-0.15, -0.1) is 0 Å². The first-order valence-corrected chi connectivity index (χ1v) is 6.78. The molecule has 0 N–H and O–H groups in total. The first-order chi connectivity index (χ1) is 9.33. The molecule has 0 aliphatic heterocycles. The molecule has 0 fully saturated rings. The second-order valence-electron chi connectivity index (χ2n) is 4.74. The van der Waals surface area contributed by atoms with Gasteiger partial charge in [0.2, 0.25) is 0 Å². The Bertz CT molecular complexity index is 441. The number of benzene rings is 1. The summed E-state index contributed by atoms with van der Waals surface area (Å²) in [6.07, 6.45) is -2.60. The molecule has 1 unspecified atom stereocenters. The molecule has 0 saturated carbocycles. The second-order valence-corrected chi connectivity index (χ2v) is 4.74. The summed E-state index contributed by atoms with van der Waals surface area (Å²) in [5.74, 6) is 0.145. The summed E-state index contributed by atoms with van der Waals surface area (Å²) in [7, 11) is 1.38. The molecule has 5 heteroatoms. The molecule has 0 aliphatic carbocycles. The van der Waals surface area contributed by atoms with E-state index in [2.05, 4.69) is 0 Å². The van der Waals surface area contributed by atoms with Crippen molar-refractivity contribution in [2.24, 2.45) is 0 Å². The Balaban J connectivity index is 3.32. The van der Waals surface area contributed by atoms with Crippen LogP contribution < -0.4 is 9.47 Å². The molecule has 0 radical (unpaired) electrons. The Morgan fingerprint density at radius 3 is 2.25 bits per heavy atom. The van der Waals surface area contributed by atoms with Gasteiger partial charge in [0.25, 0.3) is 0 Å². The van der Waals surface area contributed by atoms with Crippen LogP contribution >= 0.6 is 0 Å². The van der Waals surface area contributed by atoms with Crippen molar-refractivity contribution in [2.75, 3.05) is 7.11 Å². The standard InChI is InChI=1S/C15H21F3O2/c1-5-7-11-8-14(20-10(3)6-2)12(15(16,17)18)9-13(11)19-4/h8-10H,5-7H2,1-4H3. The van der Waals surface area contributed by atoms with E-state index in [1.54, 1.807) is 6.92 Å². The third-order valence-electron chi connectivity index (χ3n) is 3.11. The minimum Gasteiger partial charge on any atom is -0.496 e. The maximum atomic E-state index is 13.1. The van der Waals surface area contributed by atoms with Crippen molar-refractivity contribution in [3.63, 3.8) is 0 Å². The van der Waals surface area contributed by atoms with Crippen molar-refractivity contribution in [2.45, 2.75) is 52.3 Å². The van der Waals surface area contributed by atoms with Crippen molar-refractivity contribution in [3.05, 3.63) is 23.3 Å². The minimum absolute atomic E-state index is 0.115. The molecule has 20 heavy (non-hydrogen) atoms. The van der Waals surface area contributed by atoms with E-state index in [0.717, 1.165) is 18.1 Å². The zero-order valence-electron chi connectivity index (χ0n) is 12.3. The fourth-order valence-electron chi connectivity index (χ4n) is 1.88. The Morgan fingerprint density at radius 2 is 1.80 bits per heavy atom. The van der Waals surface area contributed by atoms with Crippen LogP contribution in [0, 0.1) is 0 Å². The van der Waals surface area contributed by atoms with Crippen LogP contribution in [0.5, 0.6) is 11.5 Å². The van der Waals surface area contributed by atoms with Gasteiger partial charge in [0, 0.05) is 0 Å². The lowest BCUT2D eigenvalue weighted by Crippen LogP contribution is -2.15. The fourth-order valence-corrected chi connectivity index (χ4v) is 1.88. The van der Waals surface area contributed by atoms with Gasteiger partial charge in [-0.3, -0.25) is 0 Å². The van der Waals surface area contributed by atoms with Crippen molar-refractivity contribution in [3.8, 4) is 11.5 Å². The highest BCUT2D eigenvalue weighted by Crippen LogP contribution is 2.41. The predicted molar refractivity (Wildman–Crippen MR) is 72.4 cm³/mol. The van der Waals surface area contributed by atoms with Crippen LogP contribution in [0.25, 0.3) is 0 Å². The van der Waals surface area contributed by atoms with Gasteiger partial charge in [0.15, 0.2) is 0 Å². The highest BCUT2D eigenvalue weighted by atomic mass is 19.4. The summed E-state index contributed by atoms with van der Waals surface area (Å²) < 4.78 is 49.8. The second kappa shape index (κ2) is 6.86. The molecule has 0 bridgehead atoms. The predicted octanol–water partition coefficient (Wildman–Crippen LogP) is 4.84. The molecule has 0 heterocycles. The molecule has 1 rings (SSSR count). The van der Waals surface area contributed by atoms with Crippen LogP contribution in [0.4, 0.5) is 13.2 Å².